The van der Waals surface area contributed by atoms with Gasteiger partial charge in [-0.3, -0.25) is 4.79 Å². The van der Waals surface area contributed by atoms with Crippen LogP contribution in [0.15, 0.2) is 29.2 Å². The number of hydrogen-bond acceptors (Lipinski definition) is 4. The fourth-order valence-corrected chi connectivity index (χ4v) is 5.93. The molecular weight excluding hydrogens is 352 g/mol. The van der Waals surface area contributed by atoms with Gasteiger partial charge in [0.15, 0.2) is 0 Å². The zero-order valence-corrected chi connectivity index (χ0v) is 16.0. The third-order valence-corrected chi connectivity index (χ3v) is 7.87. The largest absolute Gasteiger partial charge is 0.372 e. The topological polar surface area (TPSA) is 66.9 Å². The lowest BCUT2D eigenvalue weighted by atomic mass is 9.80. The summed E-state index contributed by atoms with van der Waals surface area (Å²) in [6.07, 6.45) is 3.45. The van der Waals surface area contributed by atoms with Gasteiger partial charge >= 0.3 is 0 Å². The van der Waals surface area contributed by atoms with Crippen molar-refractivity contribution in [2.75, 3.05) is 32.8 Å². The second kappa shape index (κ2) is 6.62. The predicted octanol–water partition coefficient (Wildman–Crippen LogP) is 1.79. The average Bonchev–Trinajstić information content (AvgIpc) is 3.18. The smallest absolute Gasteiger partial charge is 0.243 e. The highest BCUT2D eigenvalue weighted by molar-refractivity contribution is 7.89. The minimum Gasteiger partial charge on any atom is -0.372 e. The Kier molecular flexibility index (Phi) is 4.57. The van der Waals surface area contributed by atoms with E-state index in [9.17, 15) is 13.2 Å². The quantitative estimate of drug-likeness (QED) is 0.783. The number of rotatable bonds is 5. The monoisotopic (exact) mass is 378 g/mol. The highest BCUT2D eigenvalue weighted by atomic mass is 32.2. The molecule has 3 heterocycles. The van der Waals surface area contributed by atoms with E-state index >= 15 is 0 Å². The molecular formula is C19H26N2O4S. The summed E-state index contributed by atoms with van der Waals surface area (Å²) >= 11 is 0. The van der Waals surface area contributed by atoms with Crippen LogP contribution in [0.5, 0.6) is 0 Å². The van der Waals surface area contributed by atoms with Gasteiger partial charge in [0.1, 0.15) is 0 Å². The van der Waals surface area contributed by atoms with E-state index in [0.29, 0.717) is 36.9 Å². The van der Waals surface area contributed by atoms with Gasteiger partial charge in [0.2, 0.25) is 15.9 Å². The van der Waals surface area contributed by atoms with Crippen molar-refractivity contribution >= 4 is 15.9 Å². The number of aryl methyl sites for hydroxylation is 1. The van der Waals surface area contributed by atoms with Gasteiger partial charge in [-0.15, -0.1) is 0 Å². The van der Waals surface area contributed by atoms with E-state index in [4.69, 9.17) is 4.74 Å². The normalized spacial score (nSPS) is 25.8. The summed E-state index contributed by atoms with van der Waals surface area (Å²) in [4.78, 5) is 14.1. The number of likely N-dealkylation sites (tertiary alicyclic amines) is 1. The Morgan fingerprint density at radius 1 is 1.23 bits per heavy atom. The third-order valence-electron chi connectivity index (χ3n) is 6.07. The Morgan fingerprint density at radius 2 is 1.96 bits per heavy atom. The number of carbonyl (C=O) groups is 1. The molecule has 0 radical (unpaired) electrons. The van der Waals surface area contributed by atoms with Crippen molar-refractivity contribution in [2.45, 2.75) is 43.1 Å². The molecule has 3 aliphatic heterocycles. The Bertz CT molecular complexity index is 784. The second-order valence-electron chi connectivity index (χ2n) is 7.76. The first-order chi connectivity index (χ1) is 12.4. The molecule has 1 aromatic rings. The van der Waals surface area contributed by atoms with Gasteiger partial charge < -0.3 is 9.64 Å². The zero-order valence-electron chi connectivity index (χ0n) is 15.2. The van der Waals surface area contributed by atoms with Crippen LogP contribution in [0.25, 0.3) is 0 Å². The van der Waals surface area contributed by atoms with E-state index in [0.717, 1.165) is 37.9 Å². The summed E-state index contributed by atoms with van der Waals surface area (Å²) < 4.78 is 33.1. The SMILES string of the molecule is Cc1ccc(S(=O)(=O)N2CC3(C2)OCCC3CCN2CCCC2=O)cc1. The highest BCUT2D eigenvalue weighted by Crippen LogP contribution is 2.43. The van der Waals surface area contributed by atoms with Crippen LogP contribution in [0.2, 0.25) is 0 Å². The van der Waals surface area contributed by atoms with Crippen LogP contribution in [-0.4, -0.2) is 61.9 Å². The van der Waals surface area contributed by atoms with Crippen LogP contribution in [0.3, 0.4) is 0 Å². The summed E-state index contributed by atoms with van der Waals surface area (Å²) in [5, 5.41) is 0. The number of hydrogen-bond donors (Lipinski definition) is 0. The Labute approximate surface area is 155 Å². The third kappa shape index (κ3) is 3.06. The molecule has 3 fully saturated rings. The first-order valence-corrected chi connectivity index (χ1v) is 10.8. The standard InChI is InChI=1S/C19H26N2O4S/c1-15-4-6-17(7-5-15)26(23,24)21-13-19(14-21)16(9-12-25-19)8-11-20-10-2-3-18(20)22/h4-7,16H,2-3,8-14H2,1H3. The highest BCUT2D eigenvalue weighted by Gasteiger charge is 2.56. The Balaban J connectivity index is 1.40. The predicted molar refractivity (Wildman–Crippen MR) is 97.2 cm³/mol. The van der Waals surface area contributed by atoms with E-state index in [1.54, 1.807) is 12.1 Å². The lowest BCUT2D eigenvalue weighted by molar-refractivity contribution is -0.128. The molecule has 1 amide bonds. The molecule has 0 N–H and O–H groups in total. The van der Waals surface area contributed by atoms with Crippen LogP contribution in [-0.2, 0) is 19.6 Å². The van der Waals surface area contributed by atoms with Crippen molar-refractivity contribution in [3.05, 3.63) is 29.8 Å². The Morgan fingerprint density at radius 3 is 2.62 bits per heavy atom. The van der Waals surface area contributed by atoms with Crippen LogP contribution in [0.4, 0.5) is 0 Å². The molecule has 0 bridgehead atoms. The Hall–Kier alpha value is -1.44. The maximum absolute atomic E-state index is 12.8. The van der Waals surface area contributed by atoms with Crippen molar-refractivity contribution < 1.29 is 17.9 Å². The summed E-state index contributed by atoms with van der Waals surface area (Å²) in [5.41, 5.74) is 0.681. The molecule has 1 aromatic carbocycles. The van der Waals surface area contributed by atoms with Crippen molar-refractivity contribution in [3.8, 4) is 0 Å². The molecule has 3 aliphatic rings. The van der Waals surface area contributed by atoms with Gasteiger partial charge in [0, 0.05) is 39.2 Å². The molecule has 142 valence electrons. The van der Waals surface area contributed by atoms with Gasteiger partial charge in [-0.05, 0) is 44.2 Å². The molecule has 0 aliphatic carbocycles. The maximum Gasteiger partial charge on any atom is 0.243 e. The second-order valence-corrected chi connectivity index (χ2v) is 9.70. The van der Waals surface area contributed by atoms with Crippen LogP contribution >= 0.6 is 0 Å². The summed E-state index contributed by atoms with van der Waals surface area (Å²) in [6.45, 7) is 5.07. The molecule has 1 spiro atoms. The van der Waals surface area contributed by atoms with E-state index in [-0.39, 0.29) is 11.5 Å². The minimum absolute atomic E-state index is 0.246. The number of carbonyl (C=O) groups excluding carboxylic acids is 1. The first-order valence-electron chi connectivity index (χ1n) is 9.39. The van der Waals surface area contributed by atoms with Crippen molar-refractivity contribution in [1.82, 2.24) is 9.21 Å². The molecule has 1 atom stereocenters. The van der Waals surface area contributed by atoms with Crippen molar-refractivity contribution in [2.24, 2.45) is 5.92 Å². The average molecular weight is 378 g/mol. The lowest BCUT2D eigenvalue weighted by Crippen LogP contribution is -2.66. The number of sulfonamides is 1. The molecule has 6 nitrogen and oxygen atoms in total. The lowest BCUT2D eigenvalue weighted by Gasteiger charge is -2.49. The van der Waals surface area contributed by atoms with E-state index in [2.05, 4.69) is 0 Å². The molecule has 7 heteroatoms. The molecule has 0 aromatic heterocycles. The van der Waals surface area contributed by atoms with Crippen LogP contribution in [0.1, 0.15) is 31.2 Å². The molecule has 3 saturated heterocycles. The number of nitrogens with zero attached hydrogens (tertiary/aromatic N) is 2. The van der Waals surface area contributed by atoms with Gasteiger partial charge in [0.05, 0.1) is 10.5 Å². The van der Waals surface area contributed by atoms with Gasteiger partial charge in [-0.2, -0.15) is 4.31 Å². The molecule has 1 unspecified atom stereocenters. The number of amides is 1. The minimum atomic E-state index is -3.46. The van der Waals surface area contributed by atoms with Crippen molar-refractivity contribution in [1.29, 1.82) is 0 Å². The van der Waals surface area contributed by atoms with E-state index in [1.165, 1.54) is 4.31 Å². The summed E-state index contributed by atoms with van der Waals surface area (Å²) in [6, 6.07) is 6.98. The van der Waals surface area contributed by atoms with Crippen LogP contribution in [0, 0.1) is 12.8 Å². The first kappa shape index (κ1) is 17.9. The fraction of sp³-hybridized carbons (Fsp3) is 0.632. The summed E-state index contributed by atoms with van der Waals surface area (Å²) in [5.74, 6) is 0.565. The van der Waals surface area contributed by atoms with Crippen molar-refractivity contribution in [3.63, 3.8) is 0 Å². The zero-order chi connectivity index (χ0) is 18.4. The van der Waals surface area contributed by atoms with Crippen LogP contribution < -0.4 is 0 Å². The number of ether oxygens (including phenoxy) is 1. The maximum atomic E-state index is 12.8. The van der Waals surface area contributed by atoms with E-state index < -0.39 is 10.0 Å². The fourth-order valence-electron chi connectivity index (χ4n) is 4.37. The van der Waals surface area contributed by atoms with Gasteiger partial charge in [-0.1, -0.05) is 17.7 Å². The molecule has 4 rings (SSSR count). The number of benzene rings is 1. The molecule has 26 heavy (non-hydrogen) atoms. The van der Waals surface area contributed by atoms with Gasteiger partial charge in [-0.25, -0.2) is 8.42 Å². The molecule has 0 saturated carbocycles. The summed E-state index contributed by atoms with van der Waals surface area (Å²) in [7, 11) is -3.46. The van der Waals surface area contributed by atoms with E-state index in [1.807, 2.05) is 24.0 Å². The van der Waals surface area contributed by atoms with Gasteiger partial charge in [0.25, 0.3) is 0 Å².